The van der Waals surface area contributed by atoms with E-state index in [0.29, 0.717) is 25.1 Å². The Morgan fingerprint density at radius 3 is 2.61 bits per heavy atom. The maximum atomic E-state index is 14.3. The number of nitrogens with zero attached hydrogens (tertiary/aromatic N) is 2. The molecule has 0 unspecified atom stereocenters. The third-order valence-corrected chi connectivity index (χ3v) is 5.09. The summed E-state index contributed by atoms with van der Waals surface area (Å²) in [7, 11) is 0. The smallest absolute Gasteiger partial charge is 0.223 e. The van der Waals surface area contributed by atoms with Crippen LogP contribution >= 0.6 is 23.4 Å². The third kappa shape index (κ3) is 6.45. The number of para-hydroxylation sites is 1. The summed E-state index contributed by atoms with van der Waals surface area (Å²) in [6, 6.07) is 9.90. The van der Waals surface area contributed by atoms with E-state index in [0.717, 1.165) is 23.3 Å². The SMILES string of the molecule is CSCc1cc(N)cc(OCCCCOc2c(F)cccc2-c2nc(Cl)ncc2F)c1. The zero-order valence-electron chi connectivity index (χ0n) is 16.9. The summed E-state index contributed by atoms with van der Waals surface area (Å²) in [6.45, 7) is 0.693. The van der Waals surface area contributed by atoms with E-state index >= 15 is 0 Å². The molecule has 2 N–H and O–H groups in total. The van der Waals surface area contributed by atoms with Crippen molar-refractivity contribution >= 4 is 29.1 Å². The number of anilines is 1. The average Bonchev–Trinajstić information content (AvgIpc) is 2.73. The van der Waals surface area contributed by atoms with Gasteiger partial charge < -0.3 is 15.2 Å². The van der Waals surface area contributed by atoms with Crippen LogP contribution in [0.2, 0.25) is 5.28 Å². The fraction of sp³-hybridized carbons (Fsp3) is 0.273. The van der Waals surface area contributed by atoms with Gasteiger partial charge in [0.25, 0.3) is 0 Å². The number of thioether (sulfide) groups is 1. The maximum Gasteiger partial charge on any atom is 0.223 e. The first-order chi connectivity index (χ1) is 15.0. The van der Waals surface area contributed by atoms with Gasteiger partial charge in [-0.25, -0.2) is 18.7 Å². The first-order valence-electron chi connectivity index (χ1n) is 9.59. The van der Waals surface area contributed by atoms with E-state index in [1.165, 1.54) is 18.2 Å². The Morgan fingerprint density at radius 1 is 1.06 bits per heavy atom. The predicted octanol–water partition coefficient (Wildman–Crippen LogP) is 5.76. The molecule has 3 rings (SSSR count). The minimum atomic E-state index is -0.712. The average molecular weight is 466 g/mol. The van der Waals surface area contributed by atoms with Gasteiger partial charge in [-0.1, -0.05) is 6.07 Å². The summed E-state index contributed by atoms with van der Waals surface area (Å²) < 4.78 is 39.9. The lowest BCUT2D eigenvalue weighted by molar-refractivity contribution is 0.260. The van der Waals surface area contributed by atoms with Crippen molar-refractivity contribution in [1.29, 1.82) is 0 Å². The maximum absolute atomic E-state index is 14.3. The zero-order valence-corrected chi connectivity index (χ0v) is 18.5. The number of nitrogen functional groups attached to an aromatic ring is 1. The Labute approximate surface area is 188 Å². The van der Waals surface area contributed by atoms with Crippen molar-refractivity contribution in [3.63, 3.8) is 0 Å². The van der Waals surface area contributed by atoms with E-state index in [2.05, 4.69) is 9.97 Å². The number of benzene rings is 2. The van der Waals surface area contributed by atoms with Crippen molar-refractivity contribution in [2.24, 2.45) is 0 Å². The van der Waals surface area contributed by atoms with Crippen molar-refractivity contribution < 1.29 is 18.3 Å². The van der Waals surface area contributed by atoms with Gasteiger partial charge >= 0.3 is 0 Å². The third-order valence-electron chi connectivity index (χ3n) is 4.29. The quantitative estimate of drug-likeness (QED) is 0.233. The first-order valence-corrected chi connectivity index (χ1v) is 11.4. The Morgan fingerprint density at radius 2 is 1.84 bits per heavy atom. The summed E-state index contributed by atoms with van der Waals surface area (Å²) in [6.07, 6.45) is 4.26. The van der Waals surface area contributed by atoms with Gasteiger partial charge in [0.15, 0.2) is 17.4 Å². The van der Waals surface area contributed by atoms with Crippen LogP contribution in [-0.2, 0) is 5.75 Å². The van der Waals surface area contributed by atoms with Crippen molar-refractivity contribution in [3.05, 3.63) is 65.1 Å². The number of rotatable bonds is 10. The number of ether oxygens (including phenoxy) is 2. The van der Waals surface area contributed by atoms with Gasteiger partial charge in [-0.2, -0.15) is 11.8 Å². The van der Waals surface area contributed by atoms with E-state index in [1.54, 1.807) is 17.8 Å². The minimum Gasteiger partial charge on any atom is -0.494 e. The van der Waals surface area contributed by atoms with Gasteiger partial charge in [-0.15, -0.1) is 0 Å². The van der Waals surface area contributed by atoms with Crippen molar-refractivity contribution in [2.75, 3.05) is 25.2 Å². The number of unbranched alkanes of at least 4 members (excludes halogenated alkanes) is 1. The zero-order chi connectivity index (χ0) is 22.2. The molecule has 5 nitrogen and oxygen atoms in total. The molecule has 31 heavy (non-hydrogen) atoms. The van der Waals surface area contributed by atoms with Crippen LogP contribution in [0.4, 0.5) is 14.5 Å². The highest BCUT2D eigenvalue weighted by molar-refractivity contribution is 7.97. The summed E-state index contributed by atoms with van der Waals surface area (Å²) in [5.74, 6) is 0.186. The molecule has 9 heteroatoms. The van der Waals surface area contributed by atoms with Crippen molar-refractivity contribution in [1.82, 2.24) is 9.97 Å². The highest BCUT2D eigenvalue weighted by Crippen LogP contribution is 2.33. The van der Waals surface area contributed by atoms with E-state index in [4.69, 9.17) is 26.8 Å². The number of halogens is 3. The molecule has 0 bridgehead atoms. The fourth-order valence-corrected chi connectivity index (χ4v) is 3.60. The summed E-state index contributed by atoms with van der Waals surface area (Å²) >= 11 is 7.47. The van der Waals surface area contributed by atoms with E-state index < -0.39 is 11.6 Å². The van der Waals surface area contributed by atoms with Crippen LogP contribution < -0.4 is 15.2 Å². The molecule has 0 fully saturated rings. The second-order valence-corrected chi connectivity index (χ2v) is 7.90. The predicted molar refractivity (Wildman–Crippen MR) is 121 cm³/mol. The van der Waals surface area contributed by atoms with Crippen LogP contribution in [0.1, 0.15) is 18.4 Å². The lowest BCUT2D eigenvalue weighted by Crippen LogP contribution is -2.05. The number of nitrogens with two attached hydrogens (primary N) is 1. The minimum absolute atomic E-state index is 0.0744. The highest BCUT2D eigenvalue weighted by Gasteiger charge is 2.17. The Hall–Kier alpha value is -2.58. The molecule has 0 spiro atoms. The molecular formula is C22H22ClF2N3O2S. The van der Waals surface area contributed by atoms with E-state index in [1.807, 2.05) is 18.4 Å². The molecule has 3 aromatic rings. The topological polar surface area (TPSA) is 70.3 Å². The molecule has 1 heterocycles. The molecule has 0 aliphatic rings. The number of hydrogen-bond donors (Lipinski definition) is 1. The molecule has 0 aliphatic heterocycles. The molecule has 0 saturated carbocycles. The van der Waals surface area contributed by atoms with Gasteiger partial charge in [0.2, 0.25) is 5.28 Å². The molecule has 0 saturated heterocycles. The summed E-state index contributed by atoms with van der Waals surface area (Å²) in [5, 5.41) is -0.133. The van der Waals surface area contributed by atoms with Crippen LogP contribution in [0.15, 0.2) is 42.6 Å². The van der Waals surface area contributed by atoms with Crippen LogP contribution in [0.3, 0.4) is 0 Å². The Kier molecular flexibility index (Phi) is 8.31. The lowest BCUT2D eigenvalue weighted by atomic mass is 10.1. The standard InChI is InChI=1S/C22H22ClF2N3O2S/c1-31-13-14-9-15(26)11-16(10-14)29-7-2-3-8-30-21-17(5-4-6-18(21)24)20-19(25)12-27-22(23)28-20/h4-6,9-12H,2-3,7-8,13,26H2,1H3. The molecule has 0 atom stereocenters. The van der Waals surface area contributed by atoms with Gasteiger partial charge in [-0.05, 0) is 60.5 Å². The second kappa shape index (κ2) is 11.2. The Bertz CT molecular complexity index is 1040. The number of aromatic nitrogens is 2. The normalized spacial score (nSPS) is 10.8. The van der Waals surface area contributed by atoms with Crippen LogP contribution in [0, 0.1) is 11.6 Å². The van der Waals surface area contributed by atoms with Gasteiger partial charge in [-0.3, -0.25) is 0 Å². The van der Waals surface area contributed by atoms with Crippen LogP contribution in [0.25, 0.3) is 11.3 Å². The van der Waals surface area contributed by atoms with E-state index in [-0.39, 0.29) is 28.9 Å². The monoisotopic (exact) mass is 465 g/mol. The van der Waals surface area contributed by atoms with Gasteiger partial charge in [0.1, 0.15) is 11.4 Å². The Balaban J connectivity index is 1.55. The van der Waals surface area contributed by atoms with Crippen LogP contribution in [-0.4, -0.2) is 29.4 Å². The molecular weight excluding hydrogens is 444 g/mol. The molecule has 0 radical (unpaired) electrons. The fourth-order valence-electron chi connectivity index (χ4n) is 2.96. The van der Waals surface area contributed by atoms with Crippen molar-refractivity contribution in [2.45, 2.75) is 18.6 Å². The molecule has 0 amide bonds. The van der Waals surface area contributed by atoms with Gasteiger partial charge in [0.05, 0.1) is 19.4 Å². The first kappa shape index (κ1) is 23.1. The largest absolute Gasteiger partial charge is 0.494 e. The molecule has 0 aliphatic carbocycles. The second-order valence-electron chi connectivity index (χ2n) is 6.70. The van der Waals surface area contributed by atoms with Gasteiger partial charge in [0, 0.05) is 23.1 Å². The van der Waals surface area contributed by atoms with E-state index in [9.17, 15) is 8.78 Å². The molecule has 164 valence electrons. The summed E-state index contributed by atoms with van der Waals surface area (Å²) in [4.78, 5) is 7.44. The summed E-state index contributed by atoms with van der Waals surface area (Å²) in [5.41, 5.74) is 7.75. The molecule has 1 aromatic heterocycles. The highest BCUT2D eigenvalue weighted by atomic mass is 35.5. The molecule has 2 aromatic carbocycles. The number of hydrogen-bond acceptors (Lipinski definition) is 6. The van der Waals surface area contributed by atoms with Crippen LogP contribution in [0.5, 0.6) is 11.5 Å². The lowest BCUT2D eigenvalue weighted by Gasteiger charge is -2.13. The van der Waals surface area contributed by atoms with Crippen molar-refractivity contribution in [3.8, 4) is 22.8 Å².